The number of hydrogen-bond acceptors (Lipinski definition) is 1. The van der Waals surface area contributed by atoms with Gasteiger partial charge in [-0.05, 0) is 50.7 Å². The summed E-state index contributed by atoms with van der Waals surface area (Å²) in [6.07, 6.45) is 14.2. The van der Waals surface area contributed by atoms with Crippen LogP contribution < -0.4 is 0 Å². The van der Waals surface area contributed by atoms with Crippen molar-refractivity contribution in [1.29, 1.82) is 0 Å². The Hall–Kier alpha value is -1.24. The summed E-state index contributed by atoms with van der Waals surface area (Å²) in [5.74, 6) is 2.29. The van der Waals surface area contributed by atoms with Crippen LogP contribution in [0.2, 0.25) is 0 Å². The maximum absolute atomic E-state index is 5.81. The highest BCUT2D eigenvalue weighted by Gasteiger charge is 2.02. The van der Waals surface area contributed by atoms with Crippen molar-refractivity contribution in [2.75, 3.05) is 6.61 Å². The van der Waals surface area contributed by atoms with Crippen molar-refractivity contribution >= 4 is 0 Å². The number of rotatable bonds is 12. The quantitative estimate of drug-likeness (QED) is 0.160. The highest BCUT2D eigenvalue weighted by Crippen LogP contribution is 2.17. The second kappa shape index (κ2) is 13.2. The molecular weight excluding hydrogens is 280 g/mol. The topological polar surface area (TPSA) is 9.23 Å². The summed E-state index contributed by atoms with van der Waals surface area (Å²) in [6, 6.07) is 0. The number of allylic oxidation sites excluding steroid dienone is 5. The van der Waals surface area contributed by atoms with E-state index < -0.39 is 0 Å². The lowest BCUT2D eigenvalue weighted by atomic mass is 9.98. The van der Waals surface area contributed by atoms with E-state index in [0.717, 1.165) is 31.1 Å². The van der Waals surface area contributed by atoms with Gasteiger partial charge in [0.25, 0.3) is 0 Å². The highest BCUT2D eigenvalue weighted by atomic mass is 16.5. The van der Waals surface area contributed by atoms with Gasteiger partial charge in [-0.25, -0.2) is 0 Å². The first-order chi connectivity index (χ1) is 10.9. The van der Waals surface area contributed by atoms with Crippen LogP contribution in [-0.4, -0.2) is 6.61 Å². The lowest BCUT2D eigenvalue weighted by Gasteiger charge is -2.12. The molecule has 0 aromatic rings. The van der Waals surface area contributed by atoms with Gasteiger partial charge in [-0.1, -0.05) is 70.4 Å². The maximum atomic E-state index is 5.81. The Morgan fingerprint density at radius 3 is 2.35 bits per heavy atom. The molecule has 0 N–H and O–H groups in total. The maximum Gasteiger partial charge on any atom is 0.118 e. The number of hydrogen-bond donors (Lipinski definition) is 0. The molecule has 0 aromatic heterocycles. The van der Waals surface area contributed by atoms with Gasteiger partial charge in [-0.2, -0.15) is 0 Å². The van der Waals surface area contributed by atoms with Crippen molar-refractivity contribution in [2.45, 2.75) is 73.6 Å². The molecule has 0 aliphatic carbocycles. The first-order valence-electron chi connectivity index (χ1n) is 9.16. The molecule has 1 nitrogen and oxygen atoms in total. The van der Waals surface area contributed by atoms with E-state index >= 15 is 0 Å². The van der Waals surface area contributed by atoms with Gasteiger partial charge in [0, 0.05) is 6.42 Å². The van der Waals surface area contributed by atoms with E-state index in [0.29, 0.717) is 5.92 Å². The summed E-state index contributed by atoms with van der Waals surface area (Å²) in [6.45, 7) is 18.0. The van der Waals surface area contributed by atoms with Gasteiger partial charge in [0.2, 0.25) is 0 Å². The Labute approximate surface area is 145 Å². The van der Waals surface area contributed by atoms with Crippen molar-refractivity contribution in [2.24, 2.45) is 11.8 Å². The van der Waals surface area contributed by atoms with Crippen molar-refractivity contribution in [1.82, 2.24) is 0 Å². The van der Waals surface area contributed by atoms with Gasteiger partial charge >= 0.3 is 0 Å². The van der Waals surface area contributed by atoms with Crippen LogP contribution in [0.3, 0.4) is 0 Å². The van der Waals surface area contributed by atoms with Gasteiger partial charge in [-0.15, -0.1) is 0 Å². The zero-order valence-corrected chi connectivity index (χ0v) is 16.3. The number of ether oxygens (including phenoxy) is 1. The molecule has 0 spiro atoms. The van der Waals surface area contributed by atoms with Crippen molar-refractivity contribution < 1.29 is 4.74 Å². The van der Waals surface area contributed by atoms with E-state index in [9.17, 15) is 0 Å². The zero-order chi connectivity index (χ0) is 17.7. The molecule has 0 saturated carbocycles. The van der Waals surface area contributed by atoms with Gasteiger partial charge in [-0.3, -0.25) is 0 Å². The monoisotopic (exact) mass is 318 g/mol. The lowest BCUT2D eigenvalue weighted by molar-refractivity contribution is 0.228. The van der Waals surface area contributed by atoms with E-state index in [4.69, 9.17) is 4.74 Å². The molecule has 23 heavy (non-hydrogen) atoms. The van der Waals surface area contributed by atoms with Crippen molar-refractivity contribution in [3.63, 3.8) is 0 Å². The predicted octanol–water partition coefficient (Wildman–Crippen LogP) is 7.23. The molecule has 0 rings (SSSR count). The van der Waals surface area contributed by atoms with Crippen molar-refractivity contribution in [3.8, 4) is 0 Å². The molecule has 0 heterocycles. The molecule has 0 aliphatic heterocycles. The summed E-state index contributed by atoms with van der Waals surface area (Å²) >= 11 is 0. The predicted molar refractivity (Wildman–Crippen MR) is 105 cm³/mol. The Kier molecular flexibility index (Phi) is 12.5. The van der Waals surface area contributed by atoms with Crippen LogP contribution in [0.4, 0.5) is 0 Å². The molecule has 0 fully saturated rings. The minimum absolute atomic E-state index is 0.614. The van der Waals surface area contributed by atoms with E-state index in [1.165, 1.54) is 30.4 Å². The van der Waals surface area contributed by atoms with Gasteiger partial charge in [0.1, 0.15) is 5.76 Å². The van der Waals surface area contributed by atoms with Gasteiger partial charge < -0.3 is 4.74 Å². The van der Waals surface area contributed by atoms with Crippen molar-refractivity contribution in [3.05, 3.63) is 47.8 Å². The highest BCUT2D eigenvalue weighted by molar-refractivity contribution is 5.17. The third kappa shape index (κ3) is 11.9. The van der Waals surface area contributed by atoms with E-state index in [1.807, 2.05) is 6.08 Å². The Morgan fingerprint density at radius 1 is 1.09 bits per heavy atom. The smallest absolute Gasteiger partial charge is 0.118 e. The van der Waals surface area contributed by atoms with Gasteiger partial charge in [0.15, 0.2) is 0 Å². The molecule has 0 radical (unpaired) electrons. The standard InChI is InChI=1S/C22H38O/c1-8-22(15-13-11-9-10-12-14-18(2)3)23-17-16-20(6)21(7)19(4)5/h8,11,13,15,18-19H,1,9-10,12,14,16-17H2,2-7H3/b13-11+,21-20+,22-15+. The molecule has 0 amide bonds. The molecule has 0 aliphatic rings. The minimum Gasteiger partial charge on any atom is -0.493 e. The van der Waals surface area contributed by atoms with Crippen LogP contribution >= 0.6 is 0 Å². The fourth-order valence-electron chi connectivity index (χ4n) is 2.26. The average Bonchev–Trinajstić information content (AvgIpc) is 2.50. The summed E-state index contributed by atoms with van der Waals surface area (Å²) in [5.41, 5.74) is 2.91. The summed E-state index contributed by atoms with van der Waals surface area (Å²) in [7, 11) is 0. The summed E-state index contributed by atoms with van der Waals surface area (Å²) in [5, 5.41) is 0. The van der Waals surface area contributed by atoms with E-state index in [2.05, 4.69) is 60.3 Å². The molecule has 0 atom stereocenters. The third-order valence-corrected chi connectivity index (χ3v) is 4.29. The molecular formula is C22H38O. The first-order valence-corrected chi connectivity index (χ1v) is 9.16. The first kappa shape index (κ1) is 21.8. The molecule has 0 bridgehead atoms. The fourth-order valence-corrected chi connectivity index (χ4v) is 2.26. The second-order valence-corrected chi connectivity index (χ2v) is 7.10. The van der Waals surface area contributed by atoms with E-state index in [-0.39, 0.29) is 0 Å². The van der Waals surface area contributed by atoms with Crippen LogP contribution in [0.1, 0.15) is 73.6 Å². The Balaban J connectivity index is 4.10. The summed E-state index contributed by atoms with van der Waals surface area (Å²) in [4.78, 5) is 0. The fraction of sp³-hybridized carbons (Fsp3) is 0.636. The second-order valence-electron chi connectivity index (χ2n) is 7.10. The van der Waals surface area contributed by atoms with Crippen LogP contribution in [0.15, 0.2) is 47.8 Å². The molecule has 0 unspecified atom stereocenters. The third-order valence-electron chi connectivity index (χ3n) is 4.29. The van der Waals surface area contributed by atoms with Gasteiger partial charge in [0.05, 0.1) is 6.61 Å². The molecule has 1 heteroatoms. The van der Waals surface area contributed by atoms with Crippen LogP contribution in [0, 0.1) is 11.8 Å². The molecule has 132 valence electrons. The lowest BCUT2D eigenvalue weighted by Crippen LogP contribution is -1.98. The Morgan fingerprint density at radius 2 is 1.78 bits per heavy atom. The average molecular weight is 319 g/mol. The summed E-state index contributed by atoms with van der Waals surface area (Å²) < 4.78 is 5.81. The van der Waals surface area contributed by atoms with Crippen LogP contribution in [0.25, 0.3) is 0 Å². The zero-order valence-electron chi connectivity index (χ0n) is 16.3. The van der Waals surface area contributed by atoms with Crippen LogP contribution in [-0.2, 0) is 4.74 Å². The Bertz CT molecular complexity index is 408. The van der Waals surface area contributed by atoms with Crippen LogP contribution in [0.5, 0.6) is 0 Å². The van der Waals surface area contributed by atoms with E-state index in [1.54, 1.807) is 6.08 Å². The minimum atomic E-state index is 0.614. The molecule has 0 aromatic carbocycles. The molecule has 0 saturated heterocycles. The number of unbranched alkanes of at least 4 members (excludes halogenated alkanes) is 2. The largest absolute Gasteiger partial charge is 0.493 e. The normalized spacial score (nSPS) is 13.8. The SMILES string of the molecule is C=C/C(=C\C=C\CCCCC(C)C)OCC/C(C)=C(\C)C(C)C.